The van der Waals surface area contributed by atoms with Crippen LogP contribution in [0.15, 0.2) is 16.8 Å². The van der Waals surface area contributed by atoms with Crippen molar-refractivity contribution in [2.45, 2.75) is 12.8 Å². The Hall–Kier alpha value is -1.12. The highest BCUT2D eigenvalue weighted by Gasteiger charge is 2.07. The zero-order valence-electron chi connectivity index (χ0n) is 5.92. The van der Waals surface area contributed by atoms with Gasteiger partial charge in [0.25, 0.3) is 0 Å². The second-order valence-corrected chi connectivity index (χ2v) is 2.10. The standard InChI is InChI=1S/C7H10N2O/c1-8-7(10)6-3-2-4-9-5-6/h4-5H,2-3H2,1H3,(H,8,10). The Labute approximate surface area is 59.8 Å². The maximum atomic E-state index is 10.9. The van der Waals surface area contributed by atoms with Crippen LogP contribution in [0, 0.1) is 0 Å². The molecule has 0 aromatic rings. The number of hydrogen-bond donors (Lipinski definition) is 1. The van der Waals surface area contributed by atoms with Crippen LogP contribution >= 0.6 is 0 Å². The average Bonchev–Trinajstić information content (AvgIpc) is 2.05. The summed E-state index contributed by atoms with van der Waals surface area (Å²) in [5.74, 6) is -0.0168. The number of carbonyl (C=O) groups excluding carboxylic acids is 1. The van der Waals surface area contributed by atoms with Gasteiger partial charge >= 0.3 is 0 Å². The minimum Gasteiger partial charge on any atom is -0.355 e. The fourth-order valence-electron chi connectivity index (χ4n) is 0.835. The molecule has 1 aliphatic heterocycles. The molecule has 0 spiro atoms. The second kappa shape index (κ2) is 3.15. The zero-order chi connectivity index (χ0) is 7.40. The first-order chi connectivity index (χ1) is 4.84. The van der Waals surface area contributed by atoms with Crippen molar-refractivity contribution in [1.29, 1.82) is 0 Å². The lowest BCUT2D eigenvalue weighted by atomic mass is 10.1. The Kier molecular flexibility index (Phi) is 2.20. The minimum absolute atomic E-state index is 0.0168. The van der Waals surface area contributed by atoms with Gasteiger partial charge in [-0.3, -0.25) is 9.79 Å². The van der Waals surface area contributed by atoms with Crippen LogP contribution < -0.4 is 5.32 Å². The lowest BCUT2D eigenvalue weighted by Gasteiger charge is -2.04. The molecule has 1 aliphatic rings. The summed E-state index contributed by atoms with van der Waals surface area (Å²) in [7, 11) is 1.63. The van der Waals surface area contributed by atoms with Crippen LogP contribution in [0.3, 0.4) is 0 Å². The first kappa shape index (κ1) is 6.99. The van der Waals surface area contributed by atoms with Gasteiger partial charge in [0.05, 0.1) is 0 Å². The molecule has 54 valence electrons. The monoisotopic (exact) mass is 138 g/mol. The fourth-order valence-corrected chi connectivity index (χ4v) is 0.835. The molecule has 0 aromatic carbocycles. The van der Waals surface area contributed by atoms with Crippen molar-refractivity contribution < 1.29 is 4.79 Å². The van der Waals surface area contributed by atoms with Gasteiger partial charge in [-0.25, -0.2) is 0 Å². The van der Waals surface area contributed by atoms with E-state index >= 15 is 0 Å². The molecule has 3 nitrogen and oxygen atoms in total. The zero-order valence-corrected chi connectivity index (χ0v) is 5.92. The fraction of sp³-hybridized carbons (Fsp3) is 0.429. The van der Waals surface area contributed by atoms with Gasteiger partial charge in [0.2, 0.25) is 5.91 Å². The molecular formula is C7H10N2O. The summed E-state index contributed by atoms with van der Waals surface area (Å²) in [4.78, 5) is 14.8. The number of rotatable bonds is 1. The lowest BCUT2D eigenvalue weighted by Crippen LogP contribution is -2.20. The maximum Gasteiger partial charge on any atom is 0.248 e. The molecule has 1 heterocycles. The molecule has 10 heavy (non-hydrogen) atoms. The van der Waals surface area contributed by atoms with E-state index in [0.717, 1.165) is 18.4 Å². The molecule has 0 aromatic heterocycles. The van der Waals surface area contributed by atoms with E-state index in [4.69, 9.17) is 0 Å². The predicted octanol–water partition coefficient (Wildman–Crippen LogP) is 0.481. The van der Waals surface area contributed by atoms with Crippen LogP contribution in [0.2, 0.25) is 0 Å². The molecule has 0 radical (unpaired) electrons. The minimum atomic E-state index is -0.0168. The summed E-state index contributed by atoms with van der Waals surface area (Å²) < 4.78 is 0. The van der Waals surface area contributed by atoms with Crippen LogP contribution in [0.4, 0.5) is 0 Å². The Morgan fingerprint density at radius 3 is 3.10 bits per heavy atom. The van der Waals surface area contributed by atoms with Gasteiger partial charge in [-0.2, -0.15) is 0 Å². The summed E-state index contributed by atoms with van der Waals surface area (Å²) in [5, 5.41) is 2.55. The molecular weight excluding hydrogens is 128 g/mol. The van der Waals surface area contributed by atoms with Crippen LogP contribution in [0.5, 0.6) is 0 Å². The van der Waals surface area contributed by atoms with E-state index in [1.807, 2.05) is 6.21 Å². The van der Waals surface area contributed by atoms with E-state index in [0.29, 0.717) is 0 Å². The SMILES string of the molecule is CNC(=O)C1=CN=CCC1. The lowest BCUT2D eigenvalue weighted by molar-refractivity contribution is -0.117. The summed E-state index contributed by atoms with van der Waals surface area (Å²) in [5.41, 5.74) is 0.769. The van der Waals surface area contributed by atoms with Crippen molar-refractivity contribution in [1.82, 2.24) is 5.32 Å². The van der Waals surface area contributed by atoms with E-state index in [9.17, 15) is 4.79 Å². The van der Waals surface area contributed by atoms with E-state index in [1.165, 1.54) is 0 Å². The normalized spacial score (nSPS) is 16.3. The number of likely N-dealkylation sites (N-methyl/N-ethyl adjacent to an activating group) is 1. The predicted molar refractivity (Wildman–Crippen MR) is 39.9 cm³/mol. The average molecular weight is 138 g/mol. The number of nitrogens with one attached hydrogen (secondary N) is 1. The third kappa shape index (κ3) is 1.43. The van der Waals surface area contributed by atoms with Gasteiger partial charge in [-0.15, -0.1) is 0 Å². The van der Waals surface area contributed by atoms with Gasteiger partial charge in [-0.1, -0.05) is 0 Å². The van der Waals surface area contributed by atoms with Gasteiger partial charge in [0, 0.05) is 25.0 Å². The largest absolute Gasteiger partial charge is 0.355 e. The van der Waals surface area contributed by atoms with Gasteiger partial charge in [0.1, 0.15) is 0 Å². The number of carbonyl (C=O) groups is 1. The number of aliphatic imine (C=N–C) groups is 1. The van der Waals surface area contributed by atoms with Crippen molar-refractivity contribution in [2.75, 3.05) is 7.05 Å². The molecule has 1 rings (SSSR count). The number of hydrogen-bond acceptors (Lipinski definition) is 2. The van der Waals surface area contributed by atoms with E-state index in [1.54, 1.807) is 13.2 Å². The third-order valence-electron chi connectivity index (χ3n) is 1.40. The molecule has 0 fully saturated rings. The molecule has 0 unspecified atom stereocenters. The van der Waals surface area contributed by atoms with Crippen molar-refractivity contribution in [3.63, 3.8) is 0 Å². The molecule has 0 saturated carbocycles. The highest BCUT2D eigenvalue weighted by molar-refractivity contribution is 5.94. The van der Waals surface area contributed by atoms with Crippen LogP contribution in [0.1, 0.15) is 12.8 Å². The Bertz CT molecular complexity index is 194. The van der Waals surface area contributed by atoms with Gasteiger partial charge in [0.15, 0.2) is 0 Å². The van der Waals surface area contributed by atoms with E-state index in [-0.39, 0.29) is 5.91 Å². The first-order valence-electron chi connectivity index (χ1n) is 3.27. The van der Waals surface area contributed by atoms with E-state index < -0.39 is 0 Å². The molecule has 1 amide bonds. The quantitative estimate of drug-likeness (QED) is 0.562. The molecule has 3 heteroatoms. The number of amides is 1. The Morgan fingerprint density at radius 2 is 2.60 bits per heavy atom. The highest BCUT2D eigenvalue weighted by Crippen LogP contribution is 2.07. The Morgan fingerprint density at radius 1 is 1.80 bits per heavy atom. The number of nitrogens with zero attached hydrogens (tertiary/aromatic N) is 1. The summed E-state index contributed by atoms with van der Waals surface area (Å²) in [6, 6.07) is 0. The molecule has 0 bridgehead atoms. The summed E-state index contributed by atoms with van der Waals surface area (Å²) >= 11 is 0. The van der Waals surface area contributed by atoms with Crippen LogP contribution in [-0.4, -0.2) is 19.2 Å². The molecule has 0 saturated heterocycles. The van der Waals surface area contributed by atoms with Crippen molar-refractivity contribution in [2.24, 2.45) is 4.99 Å². The van der Waals surface area contributed by atoms with Gasteiger partial charge in [-0.05, 0) is 12.8 Å². The Balaban J connectivity index is 2.62. The first-order valence-corrected chi connectivity index (χ1v) is 3.27. The maximum absolute atomic E-state index is 10.9. The molecule has 0 atom stereocenters. The van der Waals surface area contributed by atoms with Crippen molar-refractivity contribution >= 4 is 12.1 Å². The smallest absolute Gasteiger partial charge is 0.248 e. The van der Waals surface area contributed by atoms with Crippen LogP contribution in [0.25, 0.3) is 0 Å². The van der Waals surface area contributed by atoms with Crippen LogP contribution in [-0.2, 0) is 4.79 Å². The van der Waals surface area contributed by atoms with E-state index in [2.05, 4.69) is 10.3 Å². The molecule has 1 N–H and O–H groups in total. The van der Waals surface area contributed by atoms with Crippen molar-refractivity contribution in [3.05, 3.63) is 11.8 Å². The summed E-state index contributed by atoms with van der Waals surface area (Å²) in [6.07, 6.45) is 5.11. The van der Waals surface area contributed by atoms with Crippen molar-refractivity contribution in [3.8, 4) is 0 Å². The van der Waals surface area contributed by atoms with Gasteiger partial charge < -0.3 is 5.32 Å². The molecule has 0 aliphatic carbocycles. The summed E-state index contributed by atoms with van der Waals surface area (Å²) in [6.45, 7) is 0. The highest BCUT2D eigenvalue weighted by atomic mass is 16.1. The second-order valence-electron chi connectivity index (χ2n) is 2.10. The topological polar surface area (TPSA) is 41.5 Å². The third-order valence-corrected chi connectivity index (χ3v) is 1.40.